The molecule has 0 amide bonds. The molecule has 4 nitrogen and oxygen atoms in total. The van der Waals surface area contributed by atoms with E-state index in [9.17, 15) is 10.1 Å². The van der Waals surface area contributed by atoms with Crippen LogP contribution in [-0.4, -0.2) is 13.1 Å². The molecule has 0 fully saturated rings. The van der Waals surface area contributed by atoms with Gasteiger partial charge in [0, 0.05) is 16.1 Å². The van der Waals surface area contributed by atoms with Crippen molar-refractivity contribution in [3.63, 3.8) is 0 Å². The molecular formula is C25H17Cl2NO3. The van der Waals surface area contributed by atoms with Gasteiger partial charge in [-0.25, -0.2) is 4.79 Å². The summed E-state index contributed by atoms with van der Waals surface area (Å²) in [5, 5.41) is 10.7. The first-order valence-corrected chi connectivity index (χ1v) is 9.95. The summed E-state index contributed by atoms with van der Waals surface area (Å²) in [6.45, 7) is 0. The summed E-state index contributed by atoms with van der Waals surface area (Å²) in [7, 11) is 1.48. The number of esters is 1. The quantitative estimate of drug-likeness (QED) is 0.138. The van der Waals surface area contributed by atoms with Crippen LogP contribution in [0.5, 0.6) is 11.5 Å². The third-order valence-electron chi connectivity index (χ3n) is 4.27. The van der Waals surface area contributed by atoms with E-state index in [0.717, 1.165) is 16.7 Å². The molecule has 0 N–H and O–H groups in total. The van der Waals surface area contributed by atoms with Crippen molar-refractivity contribution in [2.24, 2.45) is 0 Å². The first-order valence-electron chi connectivity index (χ1n) is 9.20. The fourth-order valence-corrected chi connectivity index (χ4v) is 2.97. The molecule has 0 radical (unpaired) electrons. The Morgan fingerprint density at radius 3 is 2.13 bits per heavy atom. The van der Waals surface area contributed by atoms with Crippen LogP contribution >= 0.6 is 23.2 Å². The van der Waals surface area contributed by atoms with Crippen molar-refractivity contribution in [3.8, 4) is 17.6 Å². The van der Waals surface area contributed by atoms with E-state index < -0.39 is 5.97 Å². The predicted molar refractivity (Wildman–Crippen MR) is 124 cm³/mol. The number of methoxy groups -OCH3 is 1. The number of hydrogen-bond donors (Lipinski definition) is 0. The minimum absolute atomic E-state index is 0.274. The molecule has 0 saturated carbocycles. The highest BCUT2D eigenvalue weighted by atomic mass is 35.5. The maximum Gasteiger partial charge on any atom is 0.336 e. The van der Waals surface area contributed by atoms with E-state index in [-0.39, 0.29) is 5.75 Å². The van der Waals surface area contributed by atoms with Gasteiger partial charge in [-0.05, 0) is 65.2 Å². The largest absolute Gasteiger partial charge is 0.493 e. The number of ether oxygens (including phenoxy) is 2. The zero-order chi connectivity index (χ0) is 22.2. The van der Waals surface area contributed by atoms with Crippen molar-refractivity contribution in [3.05, 3.63) is 99.5 Å². The number of rotatable bonds is 6. The Hall–Kier alpha value is -3.52. The number of carbonyl (C=O) groups excluding carboxylic acids is 1. The predicted octanol–water partition coefficient (Wildman–Crippen LogP) is 6.68. The summed E-state index contributed by atoms with van der Waals surface area (Å²) in [4.78, 5) is 12.2. The second kappa shape index (κ2) is 10.5. The average molecular weight is 450 g/mol. The van der Waals surface area contributed by atoms with E-state index in [2.05, 4.69) is 6.07 Å². The van der Waals surface area contributed by atoms with Crippen LogP contribution in [0.15, 0.2) is 72.8 Å². The standard InChI is InChI=1S/C25H17Cl2NO3/c1-30-24-15-18(14-20(16-28)19-6-10-22(27)11-7-19)4-12-23(24)31-25(29)13-5-17-2-8-21(26)9-3-17/h2-15H,1H3/b13-5+,20-14+. The topological polar surface area (TPSA) is 59.3 Å². The van der Waals surface area contributed by atoms with Crippen LogP contribution in [0.4, 0.5) is 0 Å². The maximum atomic E-state index is 12.2. The molecule has 0 aromatic heterocycles. The number of allylic oxidation sites excluding steroid dienone is 1. The smallest absolute Gasteiger partial charge is 0.336 e. The van der Waals surface area contributed by atoms with Crippen LogP contribution < -0.4 is 9.47 Å². The molecule has 3 aromatic carbocycles. The summed E-state index contributed by atoms with van der Waals surface area (Å²) in [5.74, 6) is 0.0983. The van der Waals surface area contributed by atoms with E-state index >= 15 is 0 Å². The monoisotopic (exact) mass is 449 g/mol. The van der Waals surface area contributed by atoms with Gasteiger partial charge < -0.3 is 9.47 Å². The molecule has 0 unspecified atom stereocenters. The lowest BCUT2D eigenvalue weighted by Crippen LogP contribution is -2.05. The first kappa shape index (κ1) is 22.2. The van der Waals surface area contributed by atoms with Gasteiger partial charge in [0.2, 0.25) is 0 Å². The molecule has 154 valence electrons. The van der Waals surface area contributed by atoms with Crippen molar-refractivity contribution in [2.75, 3.05) is 7.11 Å². The second-order valence-corrected chi connectivity index (χ2v) is 7.27. The van der Waals surface area contributed by atoms with Crippen molar-refractivity contribution < 1.29 is 14.3 Å². The van der Waals surface area contributed by atoms with Crippen molar-refractivity contribution >= 4 is 46.9 Å². The van der Waals surface area contributed by atoms with Crippen LogP contribution in [0.3, 0.4) is 0 Å². The van der Waals surface area contributed by atoms with Crippen LogP contribution in [0.2, 0.25) is 10.0 Å². The Bertz CT molecular complexity index is 1170. The normalized spacial score (nSPS) is 11.2. The van der Waals surface area contributed by atoms with Gasteiger partial charge in [-0.1, -0.05) is 53.5 Å². The molecule has 6 heteroatoms. The second-order valence-electron chi connectivity index (χ2n) is 6.39. The van der Waals surface area contributed by atoms with Gasteiger partial charge in [-0.3, -0.25) is 0 Å². The van der Waals surface area contributed by atoms with E-state index in [1.54, 1.807) is 78.9 Å². The van der Waals surface area contributed by atoms with Crippen LogP contribution in [0, 0.1) is 11.3 Å². The summed E-state index contributed by atoms with van der Waals surface area (Å²) in [5.41, 5.74) is 2.75. The molecule has 0 spiro atoms. The van der Waals surface area contributed by atoms with Gasteiger partial charge in [0.25, 0.3) is 0 Å². The van der Waals surface area contributed by atoms with Crippen molar-refractivity contribution in [1.29, 1.82) is 5.26 Å². The highest BCUT2D eigenvalue weighted by Gasteiger charge is 2.10. The van der Waals surface area contributed by atoms with Crippen LogP contribution in [-0.2, 0) is 4.79 Å². The van der Waals surface area contributed by atoms with Crippen molar-refractivity contribution in [2.45, 2.75) is 0 Å². The third kappa shape index (κ3) is 6.23. The molecule has 3 rings (SSSR count). The fourth-order valence-electron chi connectivity index (χ4n) is 2.72. The summed E-state index contributed by atoms with van der Waals surface area (Å²) in [6.07, 6.45) is 4.68. The van der Waals surface area contributed by atoms with Gasteiger partial charge in [-0.15, -0.1) is 0 Å². The summed E-state index contributed by atoms with van der Waals surface area (Å²) < 4.78 is 10.7. The Balaban J connectivity index is 1.77. The van der Waals surface area contributed by atoms with Crippen LogP contribution in [0.25, 0.3) is 17.7 Å². The third-order valence-corrected chi connectivity index (χ3v) is 4.77. The molecule has 0 aliphatic carbocycles. The molecule has 0 bridgehead atoms. The molecule has 0 heterocycles. The molecule has 3 aromatic rings. The van der Waals surface area contributed by atoms with Gasteiger partial charge >= 0.3 is 5.97 Å². The summed E-state index contributed by atoms with van der Waals surface area (Å²) in [6, 6.07) is 21.3. The van der Waals surface area contributed by atoms with Gasteiger partial charge in [-0.2, -0.15) is 5.26 Å². The number of hydrogen-bond acceptors (Lipinski definition) is 4. The Kier molecular flexibility index (Phi) is 7.50. The van der Waals surface area contributed by atoms with E-state index in [1.165, 1.54) is 13.2 Å². The van der Waals surface area contributed by atoms with E-state index in [1.807, 2.05) is 0 Å². The molecule has 0 atom stereocenters. The van der Waals surface area contributed by atoms with E-state index in [4.69, 9.17) is 32.7 Å². The minimum Gasteiger partial charge on any atom is -0.493 e. The minimum atomic E-state index is -0.546. The number of nitriles is 1. The fraction of sp³-hybridized carbons (Fsp3) is 0.0400. The van der Waals surface area contributed by atoms with Gasteiger partial charge in [0.1, 0.15) is 0 Å². The number of benzene rings is 3. The number of nitrogens with zero attached hydrogens (tertiary/aromatic N) is 1. The Morgan fingerprint density at radius 2 is 1.52 bits per heavy atom. The highest BCUT2D eigenvalue weighted by molar-refractivity contribution is 6.30. The molecular weight excluding hydrogens is 433 g/mol. The summed E-state index contributed by atoms with van der Waals surface area (Å²) >= 11 is 11.8. The van der Waals surface area contributed by atoms with Gasteiger partial charge in [0.15, 0.2) is 11.5 Å². The molecule has 31 heavy (non-hydrogen) atoms. The number of carbonyl (C=O) groups is 1. The zero-order valence-corrected chi connectivity index (χ0v) is 18.0. The van der Waals surface area contributed by atoms with Crippen LogP contribution in [0.1, 0.15) is 16.7 Å². The Labute approximate surface area is 190 Å². The average Bonchev–Trinajstić information content (AvgIpc) is 2.78. The Morgan fingerprint density at radius 1 is 0.903 bits per heavy atom. The molecule has 0 aliphatic heterocycles. The molecule has 0 aliphatic rings. The molecule has 0 saturated heterocycles. The lowest BCUT2D eigenvalue weighted by Gasteiger charge is -2.09. The number of halogens is 2. The van der Waals surface area contributed by atoms with Gasteiger partial charge in [0.05, 0.1) is 18.8 Å². The maximum absolute atomic E-state index is 12.2. The zero-order valence-electron chi connectivity index (χ0n) is 16.5. The lowest BCUT2D eigenvalue weighted by atomic mass is 10.0. The highest BCUT2D eigenvalue weighted by Crippen LogP contribution is 2.30. The SMILES string of the molecule is COc1cc(/C=C(\C#N)c2ccc(Cl)cc2)ccc1OC(=O)/C=C/c1ccc(Cl)cc1. The van der Waals surface area contributed by atoms with Crippen molar-refractivity contribution in [1.82, 2.24) is 0 Å². The van der Waals surface area contributed by atoms with E-state index in [0.29, 0.717) is 21.4 Å². The first-order chi connectivity index (χ1) is 15.0. The lowest BCUT2D eigenvalue weighted by molar-refractivity contribution is -0.129.